The lowest BCUT2D eigenvalue weighted by molar-refractivity contribution is 0.598. The molecule has 0 radical (unpaired) electrons. The van der Waals surface area contributed by atoms with E-state index in [1.165, 1.54) is 12.5 Å². The summed E-state index contributed by atoms with van der Waals surface area (Å²) in [6.45, 7) is 1.88. The highest BCUT2D eigenvalue weighted by Crippen LogP contribution is 2.25. The van der Waals surface area contributed by atoms with E-state index >= 15 is 0 Å². The normalized spacial score (nSPS) is 11.5. The Bertz CT molecular complexity index is 679. The first-order valence-electron chi connectivity index (χ1n) is 5.15. The number of nitrogens with one attached hydrogen (secondary N) is 1. The van der Waals surface area contributed by atoms with Crippen LogP contribution in [0.15, 0.2) is 35.7 Å². The monoisotopic (exact) mass is 285 g/mol. The zero-order valence-corrected chi connectivity index (χ0v) is 11.5. The van der Waals surface area contributed by atoms with E-state index < -0.39 is 10.0 Å². The molecule has 18 heavy (non-hydrogen) atoms. The molecule has 2 rings (SSSR count). The number of aromatic nitrogens is 2. The molecule has 0 spiro atoms. The largest absolute Gasteiger partial charge is 0.339 e. The fourth-order valence-corrected chi connectivity index (χ4v) is 2.83. The molecule has 1 aromatic heterocycles. The van der Waals surface area contributed by atoms with Crippen molar-refractivity contribution < 1.29 is 8.42 Å². The van der Waals surface area contributed by atoms with Crippen LogP contribution in [0.5, 0.6) is 0 Å². The smallest absolute Gasteiger partial charge is 0.280 e. The average molecular weight is 286 g/mol. The van der Waals surface area contributed by atoms with Crippen molar-refractivity contribution in [2.24, 2.45) is 7.05 Å². The van der Waals surface area contributed by atoms with E-state index in [1.54, 1.807) is 29.8 Å². The molecule has 0 aliphatic rings. The maximum absolute atomic E-state index is 12.0. The van der Waals surface area contributed by atoms with Gasteiger partial charge in [-0.05, 0) is 24.6 Å². The zero-order chi connectivity index (χ0) is 13.3. The summed E-state index contributed by atoms with van der Waals surface area (Å²) in [7, 11) is -1.99. The molecule has 0 saturated heterocycles. The molecule has 0 aliphatic carbocycles. The molecule has 0 fully saturated rings. The second-order valence-corrected chi connectivity index (χ2v) is 6.00. The van der Waals surface area contributed by atoms with Gasteiger partial charge in [0.15, 0.2) is 5.03 Å². The highest BCUT2D eigenvalue weighted by atomic mass is 35.5. The molecule has 1 heterocycles. The number of nitrogens with zero attached hydrogens (tertiary/aromatic N) is 2. The Kier molecular flexibility index (Phi) is 3.32. The number of halogens is 1. The predicted octanol–water partition coefficient (Wildman–Crippen LogP) is 2.18. The Morgan fingerprint density at radius 3 is 2.67 bits per heavy atom. The van der Waals surface area contributed by atoms with Gasteiger partial charge in [0.05, 0.1) is 17.0 Å². The van der Waals surface area contributed by atoms with Crippen molar-refractivity contribution in [2.45, 2.75) is 11.9 Å². The summed E-state index contributed by atoms with van der Waals surface area (Å²) in [6, 6.07) is 5.10. The van der Waals surface area contributed by atoms with Crippen molar-refractivity contribution >= 4 is 27.3 Å². The van der Waals surface area contributed by atoms with Crippen LogP contribution in [-0.2, 0) is 17.1 Å². The van der Waals surface area contributed by atoms with E-state index in [-0.39, 0.29) is 5.03 Å². The molecule has 0 atom stereocenters. The SMILES string of the molecule is Cc1ccc(NS(=O)(=O)c2cn(C)cn2)c(Cl)c1. The van der Waals surface area contributed by atoms with Crippen LogP contribution in [0.4, 0.5) is 5.69 Å². The number of imidazole rings is 1. The molecular weight excluding hydrogens is 274 g/mol. The van der Waals surface area contributed by atoms with Gasteiger partial charge in [-0.3, -0.25) is 4.72 Å². The molecule has 7 heteroatoms. The lowest BCUT2D eigenvalue weighted by atomic mass is 10.2. The number of hydrogen-bond donors (Lipinski definition) is 1. The van der Waals surface area contributed by atoms with Crippen molar-refractivity contribution in [2.75, 3.05) is 4.72 Å². The summed E-state index contributed by atoms with van der Waals surface area (Å²) in [4.78, 5) is 3.80. The lowest BCUT2D eigenvalue weighted by Gasteiger charge is -2.08. The second-order valence-electron chi connectivity index (χ2n) is 3.97. The maximum Gasteiger partial charge on any atom is 0.280 e. The summed E-state index contributed by atoms with van der Waals surface area (Å²) >= 11 is 5.98. The van der Waals surface area contributed by atoms with Gasteiger partial charge in [-0.1, -0.05) is 17.7 Å². The van der Waals surface area contributed by atoms with Crippen molar-refractivity contribution in [1.82, 2.24) is 9.55 Å². The van der Waals surface area contributed by atoms with Gasteiger partial charge in [0.2, 0.25) is 0 Å². The topological polar surface area (TPSA) is 64.0 Å². The number of hydrogen-bond acceptors (Lipinski definition) is 3. The lowest BCUT2D eigenvalue weighted by Crippen LogP contribution is -2.13. The molecule has 1 N–H and O–H groups in total. The van der Waals surface area contributed by atoms with Crippen molar-refractivity contribution in [1.29, 1.82) is 0 Å². The standard InChI is InChI=1S/C11H12ClN3O2S/c1-8-3-4-10(9(12)5-8)14-18(16,17)11-6-15(2)7-13-11/h3-7,14H,1-2H3. The van der Waals surface area contributed by atoms with Crippen LogP contribution >= 0.6 is 11.6 Å². The van der Waals surface area contributed by atoms with Crippen molar-refractivity contribution in [3.05, 3.63) is 41.3 Å². The minimum Gasteiger partial charge on any atom is -0.339 e. The first-order chi connectivity index (χ1) is 8.38. The van der Waals surface area contributed by atoms with Gasteiger partial charge in [-0.25, -0.2) is 4.98 Å². The van der Waals surface area contributed by atoms with Gasteiger partial charge < -0.3 is 4.57 Å². The molecule has 0 aliphatic heterocycles. The minimum absolute atomic E-state index is 0.0401. The molecule has 5 nitrogen and oxygen atoms in total. The first-order valence-corrected chi connectivity index (χ1v) is 7.01. The van der Waals surface area contributed by atoms with E-state index in [0.29, 0.717) is 10.7 Å². The number of benzene rings is 1. The third-order valence-electron chi connectivity index (χ3n) is 2.33. The second kappa shape index (κ2) is 4.62. The highest BCUT2D eigenvalue weighted by molar-refractivity contribution is 7.92. The molecule has 1 aromatic carbocycles. The molecule has 0 unspecified atom stereocenters. The Balaban J connectivity index is 2.33. The number of aryl methyl sites for hydroxylation is 2. The number of sulfonamides is 1. The van der Waals surface area contributed by atoms with Crippen LogP contribution in [0.2, 0.25) is 5.02 Å². The van der Waals surface area contributed by atoms with E-state index in [1.807, 2.05) is 6.92 Å². The van der Waals surface area contributed by atoms with Gasteiger partial charge in [0.25, 0.3) is 10.0 Å². The fourth-order valence-electron chi connectivity index (χ4n) is 1.43. The zero-order valence-electron chi connectivity index (χ0n) is 9.88. The number of rotatable bonds is 3. The van der Waals surface area contributed by atoms with E-state index in [9.17, 15) is 8.42 Å². The highest BCUT2D eigenvalue weighted by Gasteiger charge is 2.18. The maximum atomic E-state index is 12.0. The Hall–Kier alpha value is -1.53. The third kappa shape index (κ3) is 2.65. The molecule has 0 bridgehead atoms. The summed E-state index contributed by atoms with van der Waals surface area (Å²) in [5.41, 5.74) is 1.30. The molecule has 0 amide bonds. The van der Waals surface area contributed by atoms with Crippen LogP contribution in [0.3, 0.4) is 0 Å². The van der Waals surface area contributed by atoms with Gasteiger partial charge in [-0.2, -0.15) is 8.42 Å². The number of anilines is 1. The summed E-state index contributed by atoms with van der Waals surface area (Å²) in [5.74, 6) is 0. The summed E-state index contributed by atoms with van der Waals surface area (Å²) in [6.07, 6.45) is 2.84. The van der Waals surface area contributed by atoms with Gasteiger partial charge >= 0.3 is 0 Å². The molecule has 2 aromatic rings. The fraction of sp³-hybridized carbons (Fsp3) is 0.182. The first kappa shape index (κ1) is 12.9. The quantitative estimate of drug-likeness (QED) is 0.940. The third-order valence-corrected chi connectivity index (χ3v) is 3.89. The van der Waals surface area contributed by atoms with E-state index in [4.69, 9.17) is 11.6 Å². The Morgan fingerprint density at radius 2 is 2.11 bits per heavy atom. The predicted molar refractivity (Wildman–Crippen MR) is 70.2 cm³/mol. The minimum atomic E-state index is -3.69. The van der Waals surface area contributed by atoms with Crippen molar-refractivity contribution in [3.63, 3.8) is 0 Å². The van der Waals surface area contributed by atoms with Gasteiger partial charge in [0, 0.05) is 13.2 Å². The molecule has 0 saturated carbocycles. The average Bonchev–Trinajstić information content (AvgIpc) is 2.70. The van der Waals surface area contributed by atoms with E-state index in [0.717, 1.165) is 5.56 Å². The molecular formula is C11H12ClN3O2S. The Morgan fingerprint density at radius 1 is 1.39 bits per heavy atom. The van der Waals surface area contributed by atoms with Gasteiger partial charge in [-0.15, -0.1) is 0 Å². The van der Waals surface area contributed by atoms with Gasteiger partial charge in [0.1, 0.15) is 0 Å². The van der Waals surface area contributed by atoms with E-state index in [2.05, 4.69) is 9.71 Å². The van der Waals surface area contributed by atoms with Crippen LogP contribution in [0.1, 0.15) is 5.56 Å². The Labute approximate surface area is 110 Å². The van der Waals surface area contributed by atoms with Crippen LogP contribution in [0.25, 0.3) is 0 Å². The van der Waals surface area contributed by atoms with Crippen LogP contribution in [-0.4, -0.2) is 18.0 Å². The summed E-state index contributed by atoms with van der Waals surface area (Å²) in [5, 5.41) is 0.316. The van der Waals surface area contributed by atoms with Crippen molar-refractivity contribution in [3.8, 4) is 0 Å². The summed E-state index contributed by atoms with van der Waals surface area (Å²) < 4.78 is 28.0. The van der Waals surface area contributed by atoms with Crippen LogP contribution in [0, 0.1) is 6.92 Å². The van der Waals surface area contributed by atoms with Crippen LogP contribution < -0.4 is 4.72 Å². The molecule has 96 valence electrons.